The molecule has 1 N–H and O–H groups in total. The van der Waals surface area contributed by atoms with Crippen LogP contribution in [0.4, 0.5) is 0 Å². The molecular formula is C12H18N2O2. The number of aryl methyl sites for hydroxylation is 1. The van der Waals surface area contributed by atoms with E-state index >= 15 is 0 Å². The number of rotatable bonds is 1. The van der Waals surface area contributed by atoms with Crippen molar-refractivity contribution >= 4 is 0 Å². The largest absolute Gasteiger partial charge is 0.393 e. The van der Waals surface area contributed by atoms with Gasteiger partial charge in [-0.1, -0.05) is 6.92 Å². The molecule has 1 heterocycles. The van der Waals surface area contributed by atoms with Crippen LogP contribution in [0.1, 0.15) is 37.9 Å². The van der Waals surface area contributed by atoms with Crippen LogP contribution in [0.15, 0.2) is 16.9 Å². The lowest BCUT2D eigenvalue weighted by Crippen LogP contribution is -2.36. The molecule has 1 aliphatic carbocycles. The zero-order valence-electron chi connectivity index (χ0n) is 9.76. The number of aliphatic hydroxyl groups excluding tert-OH is 1. The average Bonchev–Trinajstić information content (AvgIpc) is 2.25. The maximum absolute atomic E-state index is 11.7. The van der Waals surface area contributed by atoms with E-state index in [-0.39, 0.29) is 17.7 Å². The Hall–Kier alpha value is -1.16. The van der Waals surface area contributed by atoms with Crippen molar-refractivity contribution in [2.24, 2.45) is 5.92 Å². The Morgan fingerprint density at radius 2 is 2.19 bits per heavy atom. The number of nitrogens with zero attached hydrogens (tertiary/aromatic N) is 2. The molecule has 0 amide bonds. The second-order valence-corrected chi connectivity index (χ2v) is 4.77. The number of hydrogen-bond acceptors (Lipinski definition) is 3. The van der Waals surface area contributed by atoms with Crippen LogP contribution in [0.5, 0.6) is 0 Å². The van der Waals surface area contributed by atoms with E-state index in [4.69, 9.17) is 0 Å². The first-order valence-electron chi connectivity index (χ1n) is 5.82. The third-order valence-corrected chi connectivity index (χ3v) is 3.40. The highest BCUT2D eigenvalue weighted by Gasteiger charge is 2.29. The Morgan fingerprint density at radius 3 is 2.94 bits per heavy atom. The van der Waals surface area contributed by atoms with Crippen LogP contribution in [0.2, 0.25) is 0 Å². The van der Waals surface area contributed by atoms with Gasteiger partial charge in [-0.15, -0.1) is 0 Å². The maximum Gasteiger partial charge on any atom is 0.267 e. The SMILES string of the molecule is Cc1ccc(=O)n(C2CC(O)CCC2C)n1. The van der Waals surface area contributed by atoms with Gasteiger partial charge in [0.2, 0.25) is 0 Å². The first-order valence-corrected chi connectivity index (χ1v) is 5.82. The van der Waals surface area contributed by atoms with Crippen LogP contribution in [-0.2, 0) is 0 Å². The van der Waals surface area contributed by atoms with E-state index in [1.807, 2.05) is 6.92 Å². The van der Waals surface area contributed by atoms with E-state index < -0.39 is 0 Å². The Labute approximate surface area is 94.9 Å². The summed E-state index contributed by atoms with van der Waals surface area (Å²) >= 11 is 0. The summed E-state index contributed by atoms with van der Waals surface area (Å²) in [5, 5.41) is 14.0. The molecule has 88 valence electrons. The van der Waals surface area contributed by atoms with E-state index in [2.05, 4.69) is 12.0 Å². The number of aromatic nitrogens is 2. The molecule has 1 aromatic rings. The second-order valence-electron chi connectivity index (χ2n) is 4.77. The van der Waals surface area contributed by atoms with Gasteiger partial charge >= 0.3 is 0 Å². The van der Waals surface area contributed by atoms with E-state index in [0.717, 1.165) is 18.5 Å². The predicted octanol–water partition coefficient (Wildman–Crippen LogP) is 1.27. The summed E-state index contributed by atoms with van der Waals surface area (Å²) in [7, 11) is 0. The van der Waals surface area contributed by atoms with Crippen molar-refractivity contribution in [2.45, 2.75) is 45.3 Å². The third-order valence-electron chi connectivity index (χ3n) is 3.40. The molecule has 0 aromatic carbocycles. The van der Waals surface area contributed by atoms with Gasteiger partial charge in [0.05, 0.1) is 17.8 Å². The van der Waals surface area contributed by atoms with Crippen molar-refractivity contribution in [1.29, 1.82) is 0 Å². The van der Waals surface area contributed by atoms with Gasteiger partial charge in [-0.05, 0) is 38.2 Å². The van der Waals surface area contributed by atoms with Crippen molar-refractivity contribution in [3.63, 3.8) is 0 Å². The minimum absolute atomic E-state index is 0.0381. The van der Waals surface area contributed by atoms with Crippen molar-refractivity contribution in [2.75, 3.05) is 0 Å². The third kappa shape index (κ3) is 2.16. The normalized spacial score (nSPS) is 30.3. The minimum atomic E-state index is -0.296. The van der Waals surface area contributed by atoms with E-state index in [0.29, 0.717) is 12.3 Å². The number of aliphatic hydroxyl groups is 1. The van der Waals surface area contributed by atoms with E-state index in [9.17, 15) is 9.90 Å². The van der Waals surface area contributed by atoms with Crippen molar-refractivity contribution < 1.29 is 5.11 Å². The van der Waals surface area contributed by atoms with Crippen LogP contribution in [0.25, 0.3) is 0 Å². The average molecular weight is 222 g/mol. The molecule has 0 radical (unpaired) electrons. The van der Waals surface area contributed by atoms with Crippen LogP contribution in [0, 0.1) is 12.8 Å². The van der Waals surface area contributed by atoms with Crippen LogP contribution in [-0.4, -0.2) is 21.0 Å². The van der Waals surface area contributed by atoms with Gasteiger partial charge in [-0.3, -0.25) is 4.79 Å². The maximum atomic E-state index is 11.7. The lowest BCUT2D eigenvalue weighted by atomic mass is 9.84. The fourth-order valence-corrected chi connectivity index (χ4v) is 2.38. The lowest BCUT2D eigenvalue weighted by Gasteiger charge is -2.32. The number of hydrogen-bond donors (Lipinski definition) is 1. The zero-order valence-corrected chi connectivity index (χ0v) is 9.76. The van der Waals surface area contributed by atoms with Gasteiger partial charge in [-0.2, -0.15) is 5.10 Å². The highest BCUT2D eigenvalue weighted by molar-refractivity contribution is 4.99. The van der Waals surface area contributed by atoms with Crippen LogP contribution >= 0.6 is 0 Å². The Morgan fingerprint density at radius 1 is 1.44 bits per heavy atom. The van der Waals surface area contributed by atoms with Gasteiger partial charge < -0.3 is 5.11 Å². The summed E-state index contributed by atoms with van der Waals surface area (Å²) in [5.41, 5.74) is 0.767. The van der Waals surface area contributed by atoms with Gasteiger partial charge in [0.25, 0.3) is 5.56 Å². The monoisotopic (exact) mass is 222 g/mol. The summed E-state index contributed by atoms with van der Waals surface area (Å²) in [6.07, 6.45) is 2.12. The quantitative estimate of drug-likeness (QED) is 0.778. The molecule has 3 unspecified atom stereocenters. The van der Waals surface area contributed by atoms with E-state index in [1.165, 1.54) is 0 Å². The molecule has 4 heteroatoms. The van der Waals surface area contributed by atoms with Gasteiger partial charge in [0.15, 0.2) is 0 Å². The first-order chi connectivity index (χ1) is 7.58. The summed E-state index contributed by atoms with van der Waals surface area (Å²) in [6, 6.07) is 3.31. The summed E-state index contributed by atoms with van der Waals surface area (Å²) in [4.78, 5) is 11.7. The summed E-state index contributed by atoms with van der Waals surface area (Å²) < 4.78 is 1.54. The second kappa shape index (κ2) is 4.37. The Bertz CT molecular complexity index is 427. The molecule has 1 saturated carbocycles. The van der Waals surface area contributed by atoms with Gasteiger partial charge in [0, 0.05) is 6.07 Å². The highest BCUT2D eigenvalue weighted by atomic mass is 16.3. The van der Waals surface area contributed by atoms with Crippen molar-refractivity contribution in [3.8, 4) is 0 Å². The highest BCUT2D eigenvalue weighted by Crippen LogP contribution is 2.32. The molecule has 16 heavy (non-hydrogen) atoms. The van der Waals surface area contributed by atoms with Crippen LogP contribution in [0.3, 0.4) is 0 Å². The smallest absolute Gasteiger partial charge is 0.267 e. The summed E-state index contributed by atoms with van der Waals surface area (Å²) in [5.74, 6) is 0.399. The first kappa shape index (κ1) is 11.3. The van der Waals surface area contributed by atoms with Gasteiger partial charge in [0.1, 0.15) is 0 Å². The fraction of sp³-hybridized carbons (Fsp3) is 0.667. The van der Waals surface area contributed by atoms with Crippen molar-refractivity contribution in [3.05, 3.63) is 28.2 Å². The van der Waals surface area contributed by atoms with Gasteiger partial charge in [-0.25, -0.2) is 4.68 Å². The Kier molecular flexibility index (Phi) is 3.10. The zero-order chi connectivity index (χ0) is 11.7. The standard InChI is InChI=1S/C12H18N2O2/c1-8-3-5-10(15)7-11(8)14-12(16)6-4-9(2)13-14/h4,6,8,10-11,15H,3,5,7H2,1-2H3. The van der Waals surface area contributed by atoms with Crippen molar-refractivity contribution in [1.82, 2.24) is 9.78 Å². The minimum Gasteiger partial charge on any atom is -0.393 e. The molecule has 1 aromatic heterocycles. The molecule has 0 spiro atoms. The van der Waals surface area contributed by atoms with E-state index in [1.54, 1.807) is 16.8 Å². The van der Waals surface area contributed by atoms with Crippen LogP contribution < -0.4 is 5.56 Å². The molecule has 1 aliphatic rings. The Balaban J connectivity index is 2.34. The lowest BCUT2D eigenvalue weighted by molar-refractivity contribution is 0.0715. The molecule has 4 nitrogen and oxygen atoms in total. The molecule has 2 rings (SSSR count). The summed E-state index contributed by atoms with van der Waals surface area (Å²) in [6.45, 7) is 3.99. The molecule has 0 saturated heterocycles. The molecule has 0 aliphatic heterocycles. The molecule has 1 fully saturated rings. The fourth-order valence-electron chi connectivity index (χ4n) is 2.38. The molecule has 3 atom stereocenters. The predicted molar refractivity (Wildman–Crippen MR) is 61.3 cm³/mol. The molecular weight excluding hydrogens is 204 g/mol. The molecule has 0 bridgehead atoms. The topological polar surface area (TPSA) is 55.1 Å².